The van der Waals surface area contributed by atoms with Gasteiger partial charge >= 0.3 is 0 Å². The number of carbonyl (C=O) groups is 1. The maximum Gasteiger partial charge on any atom is 0.234 e. The van der Waals surface area contributed by atoms with E-state index in [9.17, 15) is 4.79 Å². The second-order valence-electron chi connectivity index (χ2n) is 3.01. The summed E-state index contributed by atoms with van der Waals surface area (Å²) >= 11 is 4.86. The molecule has 4 nitrogen and oxygen atoms in total. The lowest BCUT2D eigenvalue weighted by molar-refractivity contribution is -0.121. The third-order valence-corrected chi connectivity index (χ3v) is 3.18. The SMILES string of the molecule is CC(CC(=O)NN)Sc1ccc(Br)cn1. The molecule has 1 atom stereocenters. The van der Waals surface area contributed by atoms with Crippen molar-refractivity contribution in [1.29, 1.82) is 0 Å². The van der Waals surface area contributed by atoms with Crippen molar-refractivity contribution in [3.63, 3.8) is 0 Å². The number of hydrogen-bond donors (Lipinski definition) is 2. The Kier molecular flexibility index (Phi) is 5.07. The molecule has 3 N–H and O–H groups in total. The molecule has 1 unspecified atom stereocenters. The zero-order chi connectivity index (χ0) is 11.3. The van der Waals surface area contributed by atoms with Gasteiger partial charge in [0.15, 0.2) is 0 Å². The Morgan fingerprint density at radius 1 is 1.73 bits per heavy atom. The molecule has 0 aliphatic rings. The van der Waals surface area contributed by atoms with Crippen LogP contribution in [-0.4, -0.2) is 16.1 Å². The van der Waals surface area contributed by atoms with Crippen molar-refractivity contribution in [2.24, 2.45) is 5.84 Å². The summed E-state index contributed by atoms with van der Waals surface area (Å²) in [4.78, 5) is 15.2. The van der Waals surface area contributed by atoms with Crippen molar-refractivity contribution in [2.75, 3.05) is 0 Å². The molecule has 0 aromatic carbocycles. The Bertz CT molecular complexity index is 331. The molecule has 1 rings (SSSR count). The number of halogens is 1. The second kappa shape index (κ2) is 6.09. The number of nitrogens with zero attached hydrogens (tertiary/aromatic N) is 1. The number of rotatable bonds is 4. The fourth-order valence-electron chi connectivity index (χ4n) is 1.000. The Labute approximate surface area is 101 Å². The van der Waals surface area contributed by atoms with Gasteiger partial charge in [0.2, 0.25) is 5.91 Å². The van der Waals surface area contributed by atoms with Crippen LogP contribution in [0.3, 0.4) is 0 Å². The van der Waals surface area contributed by atoms with E-state index in [4.69, 9.17) is 5.84 Å². The molecule has 0 saturated carbocycles. The molecule has 15 heavy (non-hydrogen) atoms. The van der Waals surface area contributed by atoms with Crippen molar-refractivity contribution >= 4 is 33.6 Å². The van der Waals surface area contributed by atoms with Crippen LogP contribution in [0.4, 0.5) is 0 Å². The van der Waals surface area contributed by atoms with Crippen LogP contribution in [-0.2, 0) is 4.79 Å². The van der Waals surface area contributed by atoms with Crippen LogP contribution in [0.5, 0.6) is 0 Å². The lowest BCUT2D eigenvalue weighted by Crippen LogP contribution is -2.31. The Morgan fingerprint density at radius 2 is 2.47 bits per heavy atom. The first-order valence-electron chi connectivity index (χ1n) is 4.39. The fraction of sp³-hybridized carbons (Fsp3) is 0.333. The van der Waals surface area contributed by atoms with Crippen LogP contribution in [0.25, 0.3) is 0 Å². The van der Waals surface area contributed by atoms with Gasteiger partial charge in [-0.3, -0.25) is 10.2 Å². The molecule has 1 aromatic heterocycles. The van der Waals surface area contributed by atoms with Crippen LogP contribution in [0.1, 0.15) is 13.3 Å². The molecular formula is C9H12BrN3OS. The van der Waals surface area contributed by atoms with Gasteiger partial charge in [0.05, 0.1) is 5.03 Å². The normalized spacial score (nSPS) is 12.2. The Balaban J connectivity index is 2.47. The first-order chi connectivity index (χ1) is 7.11. The lowest BCUT2D eigenvalue weighted by Gasteiger charge is -2.08. The molecule has 1 amide bonds. The molecule has 0 fully saturated rings. The summed E-state index contributed by atoms with van der Waals surface area (Å²) in [7, 11) is 0. The summed E-state index contributed by atoms with van der Waals surface area (Å²) in [5.41, 5.74) is 2.11. The highest BCUT2D eigenvalue weighted by atomic mass is 79.9. The van der Waals surface area contributed by atoms with Gasteiger partial charge in [-0.1, -0.05) is 6.92 Å². The number of nitrogens with two attached hydrogens (primary N) is 1. The van der Waals surface area contributed by atoms with E-state index in [1.54, 1.807) is 18.0 Å². The van der Waals surface area contributed by atoms with Gasteiger partial charge < -0.3 is 0 Å². The fourth-order valence-corrected chi connectivity index (χ4v) is 2.14. The number of thioether (sulfide) groups is 1. The summed E-state index contributed by atoms with van der Waals surface area (Å²) in [6, 6.07) is 3.83. The average molecular weight is 290 g/mol. The number of amides is 1. The first kappa shape index (κ1) is 12.5. The highest BCUT2D eigenvalue weighted by Gasteiger charge is 2.09. The molecular weight excluding hydrogens is 278 g/mol. The smallest absolute Gasteiger partial charge is 0.234 e. The van der Waals surface area contributed by atoms with Crippen LogP contribution in [0, 0.1) is 0 Å². The molecule has 0 bridgehead atoms. The van der Waals surface area contributed by atoms with Gasteiger partial charge in [0.1, 0.15) is 0 Å². The molecule has 0 saturated heterocycles. The van der Waals surface area contributed by atoms with E-state index in [1.165, 1.54) is 0 Å². The molecule has 1 aromatic rings. The van der Waals surface area contributed by atoms with E-state index in [-0.39, 0.29) is 11.2 Å². The van der Waals surface area contributed by atoms with Gasteiger partial charge in [0.25, 0.3) is 0 Å². The molecule has 0 radical (unpaired) electrons. The van der Waals surface area contributed by atoms with E-state index in [2.05, 4.69) is 26.3 Å². The average Bonchev–Trinajstić information content (AvgIpc) is 2.21. The zero-order valence-electron chi connectivity index (χ0n) is 8.24. The largest absolute Gasteiger partial charge is 0.294 e. The van der Waals surface area contributed by atoms with Gasteiger partial charge in [-0.25, -0.2) is 10.8 Å². The molecule has 6 heteroatoms. The van der Waals surface area contributed by atoms with Crippen molar-refractivity contribution in [3.8, 4) is 0 Å². The number of pyridine rings is 1. The molecule has 1 heterocycles. The predicted molar refractivity (Wildman–Crippen MR) is 64.2 cm³/mol. The summed E-state index contributed by atoms with van der Waals surface area (Å²) in [6.07, 6.45) is 2.12. The highest BCUT2D eigenvalue weighted by molar-refractivity contribution is 9.10. The van der Waals surface area contributed by atoms with Crippen molar-refractivity contribution in [3.05, 3.63) is 22.8 Å². The van der Waals surface area contributed by atoms with Crippen LogP contribution < -0.4 is 11.3 Å². The molecule has 0 spiro atoms. The summed E-state index contributed by atoms with van der Waals surface area (Å²) in [5.74, 6) is 4.84. The number of carbonyl (C=O) groups excluding carboxylic acids is 1. The van der Waals surface area contributed by atoms with Gasteiger partial charge in [-0.15, -0.1) is 11.8 Å². The number of hydrogen-bond acceptors (Lipinski definition) is 4. The van der Waals surface area contributed by atoms with Crippen molar-refractivity contribution in [1.82, 2.24) is 10.4 Å². The standard InChI is InChI=1S/C9H12BrN3OS/c1-6(4-8(14)13-11)15-9-3-2-7(10)5-12-9/h2-3,5-6H,4,11H2,1H3,(H,13,14). The number of aromatic nitrogens is 1. The maximum absolute atomic E-state index is 11.0. The predicted octanol–water partition coefficient (Wildman–Crippen LogP) is 1.70. The second-order valence-corrected chi connectivity index (χ2v) is 5.39. The third-order valence-electron chi connectivity index (χ3n) is 1.66. The van der Waals surface area contributed by atoms with Crippen LogP contribution in [0.15, 0.2) is 27.8 Å². The minimum atomic E-state index is -0.160. The maximum atomic E-state index is 11.0. The zero-order valence-corrected chi connectivity index (χ0v) is 10.6. The van der Waals surface area contributed by atoms with E-state index in [0.29, 0.717) is 6.42 Å². The summed E-state index contributed by atoms with van der Waals surface area (Å²) in [6.45, 7) is 1.96. The monoisotopic (exact) mass is 289 g/mol. The van der Waals surface area contributed by atoms with Crippen molar-refractivity contribution < 1.29 is 4.79 Å². The quantitative estimate of drug-likeness (QED) is 0.383. The lowest BCUT2D eigenvalue weighted by atomic mass is 10.3. The van der Waals surface area contributed by atoms with E-state index < -0.39 is 0 Å². The topological polar surface area (TPSA) is 68.0 Å². The molecule has 82 valence electrons. The minimum Gasteiger partial charge on any atom is -0.294 e. The van der Waals surface area contributed by atoms with Gasteiger partial charge in [-0.05, 0) is 28.1 Å². The van der Waals surface area contributed by atoms with Crippen molar-refractivity contribution in [2.45, 2.75) is 23.6 Å². The van der Waals surface area contributed by atoms with E-state index in [0.717, 1.165) is 9.50 Å². The first-order valence-corrected chi connectivity index (χ1v) is 6.06. The summed E-state index contributed by atoms with van der Waals surface area (Å²) < 4.78 is 0.944. The van der Waals surface area contributed by atoms with Gasteiger partial charge in [0, 0.05) is 22.3 Å². The Morgan fingerprint density at radius 3 is 3.00 bits per heavy atom. The molecule has 0 aliphatic heterocycles. The van der Waals surface area contributed by atoms with E-state index >= 15 is 0 Å². The minimum absolute atomic E-state index is 0.155. The third kappa shape index (κ3) is 4.63. The van der Waals surface area contributed by atoms with Crippen LogP contribution >= 0.6 is 27.7 Å². The van der Waals surface area contributed by atoms with Gasteiger partial charge in [-0.2, -0.15) is 0 Å². The van der Waals surface area contributed by atoms with E-state index in [1.807, 2.05) is 19.1 Å². The Hall–Kier alpha value is -0.590. The highest BCUT2D eigenvalue weighted by Crippen LogP contribution is 2.23. The number of hydrazine groups is 1. The molecule has 0 aliphatic carbocycles. The summed E-state index contributed by atoms with van der Waals surface area (Å²) in [5, 5.41) is 1.05. The van der Waals surface area contributed by atoms with Crippen LogP contribution in [0.2, 0.25) is 0 Å². The number of nitrogens with one attached hydrogen (secondary N) is 1.